The van der Waals surface area contributed by atoms with Gasteiger partial charge in [0.15, 0.2) is 0 Å². The van der Waals surface area contributed by atoms with Crippen molar-refractivity contribution < 1.29 is 4.79 Å². The van der Waals surface area contributed by atoms with Gasteiger partial charge in [-0.1, -0.05) is 18.2 Å². The first-order chi connectivity index (χ1) is 9.65. The molecule has 0 spiro atoms. The van der Waals surface area contributed by atoms with E-state index in [4.69, 9.17) is 0 Å². The molecule has 1 aliphatic rings. The van der Waals surface area contributed by atoms with E-state index in [2.05, 4.69) is 10.3 Å². The SMILES string of the molecule is CN(C(=O)NCc1cc(=O)[nH]c2ccccc12)C1CC1. The number of hydrogen-bond acceptors (Lipinski definition) is 2. The lowest BCUT2D eigenvalue weighted by molar-refractivity contribution is 0.206. The molecular weight excluding hydrogens is 254 g/mol. The third-order valence-corrected chi connectivity index (χ3v) is 3.68. The number of urea groups is 1. The molecule has 1 aromatic carbocycles. The molecule has 1 aromatic heterocycles. The van der Waals surface area contributed by atoms with Crippen LogP contribution in [0.2, 0.25) is 0 Å². The number of aromatic nitrogens is 1. The number of rotatable bonds is 3. The molecule has 20 heavy (non-hydrogen) atoms. The summed E-state index contributed by atoms with van der Waals surface area (Å²) in [5.74, 6) is 0. The van der Waals surface area contributed by atoms with E-state index in [0.29, 0.717) is 12.6 Å². The Hall–Kier alpha value is -2.30. The normalized spacial score (nSPS) is 14.2. The molecule has 1 fully saturated rings. The van der Waals surface area contributed by atoms with Gasteiger partial charge in [0.1, 0.15) is 0 Å². The number of hydrogen-bond donors (Lipinski definition) is 2. The van der Waals surface area contributed by atoms with Crippen LogP contribution < -0.4 is 10.9 Å². The van der Waals surface area contributed by atoms with Crippen molar-refractivity contribution in [1.82, 2.24) is 15.2 Å². The Morgan fingerprint density at radius 2 is 2.15 bits per heavy atom. The second-order valence-electron chi connectivity index (χ2n) is 5.21. The Labute approximate surface area is 116 Å². The van der Waals surface area contributed by atoms with Crippen molar-refractivity contribution in [3.8, 4) is 0 Å². The van der Waals surface area contributed by atoms with Gasteiger partial charge in [-0.25, -0.2) is 4.79 Å². The Balaban J connectivity index is 1.80. The highest BCUT2D eigenvalue weighted by atomic mass is 16.2. The summed E-state index contributed by atoms with van der Waals surface area (Å²) in [7, 11) is 1.81. The number of benzene rings is 1. The average molecular weight is 271 g/mol. The summed E-state index contributed by atoms with van der Waals surface area (Å²) >= 11 is 0. The standard InChI is InChI=1S/C15H17N3O2/c1-18(11-6-7-11)15(20)16-9-10-8-14(19)17-13-5-3-2-4-12(10)13/h2-5,8,11H,6-7,9H2,1H3,(H,16,20)(H,17,19). The summed E-state index contributed by atoms with van der Waals surface area (Å²) in [5.41, 5.74) is 1.48. The first-order valence-corrected chi connectivity index (χ1v) is 6.77. The summed E-state index contributed by atoms with van der Waals surface area (Å²) in [5, 5.41) is 3.83. The predicted molar refractivity (Wildman–Crippen MR) is 77.6 cm³/mol. The minimum Gasteiger partial charge on any atom is -0.334 e. The number of fused-ring (bicyclic) bond motifs is 1. The van der Waals surface area contributed by atoms with Gasteiger partial charge in [-0.3, -0.25) is 4.79 Å². The van der Waals surface area contributed by atoms with Crippen molar-refractivity contribution >= 4 is 16.9 Å². The Morgan fingerprint density at radius 3 is 2.90 bits per heavy atom. The van der Waals surface area contributed by atoms with Crippen LogP contribution in [0, 0.1) is 0 Å². The second-order valence-corrected chi connectivity index (χ2v) is 5.21. The molecule has 1 aliphatic carbocycles. The molecular formula is C15H17N3O2. The number of pyridine rings is 1. The van der Waals surface area contributed by atoms with Gasteiger partial charge in [0, 0.05) is 36.6 Å². The van der Waals surface area contributed by atoms with Crippen LogP contribution in [0.4, 0.5) is 4.79 Å². The van der Waals surface area contributed by atoms with Gasteiger partial charge in [0.25, 0.3) is 0 Å². The molecule has 0 atom stereocenters. The highest BCUT2D eigenvalue weighted by molar-refractivity contribution is 5.82. The van der Waals surface area contributed by atoms with Crippen molar-refractivity contribution in [3.63, 3.8) is 0 Å². The van der Waals surface area contributed by atoms with Gasteiger partial charge < -0.3 is 15.2 Å². The zero-order chi connectivity index (χ0) is 14.1. The van der Waals surface area contributed by atoms with E-state index >= 15 is 0 Å². The Kier molecular flexibility index (Phi) is 3.18. The maximum atomic E-state index is 11.9. The first-order valence-electron chi connectivity index (χ1n) is 6.77. The quantitative estimate of drug-likeness (QED) is 0.894. The third kappa shape index (κ3) is 2.52. The molecule has 3 rings (SSSR count). The lowest BCUT2D eigenvalue weighted by atomic mass is 10.1. The number of para-hydroxylation sites is 1. The van der Waals surface area contributed by atoms with Gasteiger partial charge in [0.2, 0.25) is 5.56 Å². The molecule has 2 amide bonds. The monoisotopic (exact) mass is 271 g/mol. The summed E-state index contributed by atoms with van der Waals surface area (Å²) in [6.45, 7) is 0.361. The summed E-state index contributed by atoms with van der Waals surface area (Å²) < 4.78 is 0. The van der Waals surface area contributed by atoms with Crippen LogP contribution >= 0.6 is 0 Å². The van der Waals surface area contributed by atoms with Crippen molar-refractivity contribution in [3.05, 3.63) is 46.2 Å². The lowest BCUT2D eigenvalue weighted by Gasteiger charge is -2.17. The van der Waals surface area contributed by atoms with Crippen LogP contribution in [0.15, 0.2) is 35.1 Å². The molecule has 2 N–H and O–H groups in total. The molecule has 104 valence electrons. The number of carbonyl (C=O) groups excluding carboxylic acids is 1. The highest BCUT2D eigenvalue weighted by Gasteiger charge is 2.29. The number of carbonyl (C=O) groups is 1. The summed E-state index contributed by atoms with van der Waals surface area (Å²) in [6.07, 6.45) is 2.16. The van der Waals surface area contributed by atoms with Crippen molar-refractivity contribution in [2.75, 3.05) is 7.05 Å². The predicted octanol–water partition coefficient (Wildman–Crippen LogP) is 1.83. The van der Waals surface area contributed by atoms with Gasteiger partial charge in [-0.2, -0.15) is 0 Å². The topological polar surface area (TPSA) is 65.2 Å². The fourth-order valence-electron chi connectivity index (χ4n) is 2.35. The number of amides is 2. The summed E-state index contributed by atoms with van der Waals surface area (Å²) in [4.78, 5) is 28.1. The Bertz CT molecular complexity index is 704. The van der Waals surface area contributed by atoms with E-state index in [-0.39, 0.29) is 11.6 Å². The van der Waals surface area contributed by atoms with Gasteiger partial charge >= 0.3 is 6.03 Å². The fraction of sp³-hybridized carbons (Fsp3) is 0.333. The van der Waals surface area contributed by atoms with Gasteiger partial charge in [0.05, 0.1) is 0 Å². The maximum absolute atomic E-state index is 11.9. The van der Waals surface area contributed by atoms with E-state index in [0.717, 1.165) is 29.3 Å². The molecule has 0 unspecified atom stereocenters. The fourth-order valence-corrected chi connectivity index (χ4v) is 2.35. The molecule has 5 nitrogen and oxygen atoms in total. The van der Waals surface area contributed by atoms with Crippen molar-refractivity contribution in [2.24, 2.45) is 0 Å². The first kappa shape index (κ1) is 12.7. The number of nitrogens with zero attached hydrogens (tertiary/aromatic N) is 1. The average Bonchev–Trinajstić information content (AvgIpc) is 3.28. The zero-order valence-corrected chi connectivity index (χ0v) is 11.3. The molecule has 0 aliphatic heterocycles. The van der Waals surface area contributed by atoms with Crippen LogP contribution in [-0.2, 0) is 6.54 Å². The van der Waals surface area contributed by atoms with Crippen LogP contribution in [-0.4, -0.2) is 29.0 Å². The van der Waals surface area contributed by atoms with Gasteiger partial charge in [-0.15, -0.1) is 0 Å². The van der Waals surface area contributed by atoms with Crippen molar-refractivity contribution in [2.45, 2.75) is 25.4 Å². The summed E-state index contributed by atoms with van der Waals surface area (Å²) in [6, 6.07) is 9.43. The van der Waals surface area contributed by atoms with Crippen LogP contribution in [0.25, 0.3) is 10.9 Å². The number of aromatic amines is 1. The highest BCUT2D eigenvalue weighted by Crippen LogP contribution is 2.25. The van der Waals surface area contributed by atoms with Gasteiger partial charge in [-0.05, 0) is 24.5 Å². The van der Waals surface area contributed by atoms with E-state index in [9.17, 15) is 9.59 Å². The number of H-pyrrole nitrogens is 1. The second kappa shape index (κ2) is 5.00. The minimum atomic E-state index is -0.150. The van der Waals surface area contributed by atoms with E-state index < -0.39 is 0 Å². The smallest absolute Gasteiger partial charge is 0.317 e. The molecule has 0 radical (unpaired) electrons. The van der Waals surface area contributed by atoms with Crippen LogP contribution in [0.3, 0.4) is 0 Å². The maximum Gasteiger partial charge on any atom is 0.317 e. The molecule has 1 saturated carbocycles. The zero-order valence-electron chi connectivity index (χ0n) is 11.3. The largest absolute Gasteiger partial charge is 0.334 e. The van der Waals surface area contributed by atoms with Crippen LogP contribution in [0.1, 0.15) is 18.4 Å². The van der Waals surface area contributed by atoms with E-state index in [1.54, 1.807) is 11.0 Å². The molecule has 0 bridgehead atoms. The minimum absolute atomic E-state index is 0.0862. The molecule has 2 aromatic rings. The van der Waals surface area contributed by atoms with E-state index in [1.165, 1.54) is 0 Å². The molecule has 5 heteroatoms. The molecule has 1 heterocycles. The molecule has 0 saturated heterocycles. The van der Waals surface area contributed by atoms with E-state index in [1.807, 2.05) is 31.3 Å². The number of nitrogens with one attached hydrogen (secondary N) is 2. The van der Waals surface area contributed by atoms with Crippen molar-refractivity contribution in [1.29, 1.82) is 0 Å². The third-order valence-electron chi connectivity index (χ3n) is 3.68. The Morgan fingerprint density at radius 1 is 1.40 bits per heavy atom. The van der Waals surface area contributed by atoms with Crippen LogP contribution in [0.5, 0.6) is 0 Å². The lowest BCUT2D eigenvalue weighted by Crippen LogP contribution is -2.38.